The van der Waals surface area contributed by atoms with Gasteiger partial charge in [-0.3, -0.25) is 9.89 Å². The molecule has 1 amide bonds. The Balaban J connectivity index is 1.98. The predicted octanol–water partition coefficient (Wildman–Crippen LogP) is 2.98. The van der Waals surface area contributed by atoms with E-state index in [1.54, 1.807) is 0 Å². The minimum absolute atomic E-state index is 0.0134. The van der Waals surface area contributed by atoms with Gasteiger partial charge in [-0.1, -0.05) is 38.1 Å². The van der Waals surface area contributed by atoms with Crippen molar-refractivity contribution in [2.75, 3.05) is 0 Å². The molecule has 5 nitrogen and oxygen atoms in total. The first-order chi connectivity index (χ1) is 10.5. The second kappa shape index (κ2) is 7.20. The Morgan fingerprint density at radius 3 is 2.41 bits per heavy atom. The Morgan fingerprint density at radius 2 is 1.86 bits per heavy atom. The molecule has 5 heteroatoms. The van der Waals surface area contributed by atoms with E-state index >= 15 is 0 Å². The van der Waals surface area contributed by atoms with E-state index in [2.05, 4.69) is 46.5 Å². The number of H-pyrrole nitrogens is 1. The van der Waals surface area contributed by atoms with Gasteiger partial charge in [0.05, 0.1) is 12.0 Å². The molecule has 0 saturated carbocycles. The van der Waals surface area contributed by atoms with Crippen LogP contribution in [0, 0.1) is 5.92 Å². The van der Waals surface area contributed by atoms with Crippen LogP contribution in [-0.4, -0.2) is 21.1 Å². The maximum absolute atomic E-state index is 12.3. The Hall–Kier alpha value is -2.17. The number of aromatic nitrogens is 3. The summed E-state index contributed by atoms with van der Waals surface area (Å²) in [7, 11) is 0. The Morgan fingerprint density at radius 1 is 1.18 bits per heavy atom. The van der Waals surface area contributed by atoms with Crippen molar-refractivity contribution >= 4 is 5.91 Å². The zero-order valence-electron chi connectivity index (χ0n) is 13.6. The number of nitrogens with one attached hydrogen (secondary N) is 2. The van der Waals surface area contributed by atoms with Gasteiger partial charge in [-0.25, -0.2) is 4.98 Å². The number of hydrogen-bond donors (Lipinski definition) is 2. The van der Waals surface area contributed by atoms with Crippen LogP contribution in [0.1, 0.15) is 56.6 Å². The van der Waals surface area contributed by atoms with Gasteiger partial charge in [0.2, 0.25) is 5.91 Å². The van der Waals surface area contributed by atoms with E-state index in [0.29, 0.717) is 11.7 Å². The number of benzene rings is 1. The highest BCUT2D eigenvalue weighted by Gasteiger charge is 2.19. The molecule has 1 aromatic carbocycles. The highest BCUT2D eigenvalue weighted by Crippen LogP contribution is 2.19. The fourth-order valence-electron chi connectivity index (χ4n) is 2.40. The molecule has 118 valence electrons. The average molecular weight is 300 g/mol. The highest BCUT2D eigenvalue weighted by molar-refractivity contribution is 5.83. The molecule has 0 fully saturated rings. The van der Waals surface area contributed by atoms with Gasteiger partial charge in [-0.15, -0.1) is 0 Å². The second-order valence-corrected chi connectivity index (χ2v) is 6.16. The van der Waals surface area contributed by atoms with Crippen molar-refractivity contribution in [2.45, 2.75) is 46.1 Å². The van der Waals surface area contributed by atoms with Crippen molar-refractivity contribution in [3.63, 3.8) is 0 Å². The third kappa shape index (κ3) is 4.16. The predicted molar refractivity (Wildman–Crippen MR) is 86.3 cm³/mol. The van der Waals surface area contributed by atoms with Gasteiger partial charge in [0.1, 0.15) is 12.2 Å². The molecule has 0 unspecified atom stereocenters. The van der Waals surface area contributed by atoms with E-state index in [4.69, 9.17) is 0 Å². The zero-order chi connectivity index (χ0) is 16.1. The monoisotopic (exact) mass is 300 g/mol. The standard InChI is InChI=1S/C17H24N4O/c1-11(2)9-14-5-7-15(8-6-14)12(3)17(22)20-13(4)16-18-10-19-21-16/h5-8,10-13H,9H2,1-4H3,(H,20,22)(H,18,19,21)/t12-,13-/m0/s1. The van der Waals surface area contributed by atoms with Crippen LogP contribution in [0.25, 0.3) is 0 Å². The molecule has 22 heavy (non-hydrogen) atoms. The smallest absolute Gasteiger partial charge is 0.227 e. The lowest BCUT2D eigenvalue weighted by atomic mass is 9.96. The highest BCUT2D eigenvalue weighted by atomic mass is 16.1. The number of carbonyl (C=O) groups excluding carboxylic acids is 1. The van der Waals surface area contributed by atoms with E-state index in [0.717, 1.165) is 12.0 Å². The number of aromatic amines is 1. The van der Waals surface area contributed by atoms with Crippen LogP contribution >= 0.6 is 0 Å². The maximum Gasteiger partial charge on any atom is 0.227 e. The molecular formula is C17H24N4O. The fourth-order valence-corrected chi connectivity index (χ4v) is 2.40. The van der Waals surface area contributed by atoms with Gasteiger partial charge in [0.15, 0.2) is 0 Å². The molecule has 2 rings (SSSR count). The second-order valence-electron chi connectivity index (χ2n) is 6.16. The quantitative estimate of drug-likeness (QED) is 0.861. The summed E-state index contributed by atoms with van der Waals surface area (Å²) in [5.74, 6) is 1.08. The summed E-state index contributed by atoms with van der Waals surface area (Å²) in [6, 6.07) is 8.12. The molecule has 0 aliphatic carbocycles. The maximum atomic E-state index is 12.3. The summed E-state index contributed by atoms with van der Waals surface area (Å²) in [4.78, 5) is 16.4. The summed E-state index contributed by atoms with van der Waals surface area (Å²) in [6.07, 6.45) is 2.50. The molecule has 0 spiro atoms. The minimum atomic E-state index is -0.196. The number of nitrogens with zero attached hydrogens (tertiary/aromatic N) is 2. The van der Waals surface area contributed by atoms with Crippen LogP contribution < -0.4 is 5.32 Å². The molecule has 0 aliphatic rings. The largest absolute Gasteiger partial charge is 0.346 e. The van der Waals surface area contributed by atoms with Crippen molar-refractivity contribution in [1.29, 1.82) is 0 Å². The summed E-state index contributed by atoms with van der Waals surface area (Å²) >= 11 is 0. The first kappa shape index (κ1) is 16.2. The first-order valence-electron chi connectivity index (χ1n) is 7.72. The molecule has 0 aliphatic heterocycles. The van der Waals surface area contributed by atoms with E-state index in [1.807, 2.05) is 26.0 Å². The van der Waals surface area contributed by atoms with E-state index < -0.39 is 0 Å². The van der Waals surface area contributed by atoms with Crippen LogP contribution in [0.5, 0.6) is 0 Å². The lowest BCUT2D eigenvalue weighted by Gasteiger charge is -2.16. The average Bonchev–Trinajstić information content (AvgIpc) is 3.01. The molecule has 0 saturated heterocycles. The van der Waals surface area contributed by atoms with Crippen LogP contribution in [0.2, 0.25) is 0 Å². The normalized spacial score (nSPS) is 13.9. The summed E-state index contributed by atoms with van der Waals surface area (Å²) in [6.45, 7) is 8.21. The molecule has 2 atom stereocenters. The molecule has 2 N–H and O–H groups in total. The van der Waals surface area contributed by atoms with Gasteiger partial charge < -0.3 is 5.32 Å². The molecule has 0 radical (unpaired) electrons. The Labute approximate surface area is 131 Å². The van der Waals surface area contributed by atoms with Crippen LogP contribution in [-0.2, 0) is 11.2 Å². The van der Waals surface area contributed by atoms with Crippen molar-refractivity contribution in [2.24, 2.45) is 5.92 Å². The lowest BCUT2D eigenvalue weighted by Crippen LogP contribution is -2.31. The molecule has 0 bridgehead atoms. The molecule has 1 heterocycles. The van der Waals surface area contributed by atoms with E-state index in [-0.39, 0.29) is 17.9 Å². The number of hydrogen-bond acceptors (Lipinski definition) is 3. The number of rotatable bonds is 6. The number of carbonyl (C=O) groups is 1. The number of amides is 1. The van der Waals surface area contributed by atoms with Gasteiger partial charge in [-0.05, 0) is 37.3 Å². The molecule has 2 aromatic rings. The summed E-state index contributed by atoms with van der Waals surface area (Å²) < 4.78 is 0. The van der Waals surface area contributed by atoms with Gasteiger partial charge in [0, 0.05) is 0 Å². The van der Waals surface area contributed by atoms with Crippen LogP contribution in [0.3, 0.4) is 0 Å². The fraction of sp³-hybridized carbons (Fsp3) is 0.471. The van der Waals surface area contributed by atoms with E-state index in [9.17, 15) is 4.79 Å². The van der Waals surface area contributed by atoms with Gasteiger partial charge in [-0.2, -0.15) is 5.10 Å². The first-order valence-corrected chi connectivity index (χ1v) is 7.72. The SMILES string of the molecule is CC(C)Cc1ccc([C@H](C)C(=O)N[C@@H](C)c2ncn[nH]2)cc1. The van der Waals surface area contributed by atoms with Crippen LogP contribution in [0.15, 0.2) is 30.6 Å². The van der Waals surface area contributed by atoms with Crippen LogP contribution in [0.4, 0.5) is 0 Å². The van der Waals surface area contributed by atoms with Crippen molar-refractivity contribution < 1.29 is 4.79 Å². The van der Waals surface area contributed by atoms with Gasteiger partial charge >= 0.3 is 0 Å². The van der Waals surface area contributed by atoms with Gasteiger partial charge in [0.25, 0.3) is 0 Å². The zero-order valence-corrected chi connectivity index (χ0v) is 13.6. The minimum Gasteiger partial charge on any atom is -0.346 e. The Kier molecular flexibility index (Phi) is 5.31. The molecular weight excluding hydrogens is 276 g/mol. The third-order valence-electron chi connectivity index (χ3n) is 3.72. The summed E-state index contributed by atoms with van der Waals surface area (Å²) in [5.41, 5.74) is 2.33. The lowest BCUT2D eigenvalue weighted by molar-refractivity contribution is -0.122. The van der Waals surface area contributed by atoms with Crippen molar-refractivity contribution in [3.05, 3.63) is 47.5 Å². The third-order valence-corrected chi connectivity index (χ3v) is 3.72. The topological polar surface area (TPSA) is 70.7 Å². The Bertz CT molecular complexity index is 590. The van der Waals surface area contributed by atoms with Crippen molar-refractivity contribution in [3.8, 4) is 0 Å². The van der Waals surface area contributed by atoms with E-state index in [1.165, 1.54) is 11.9 Å². The molecule has 1 aromatic heterocycles. The van der Waals surface area contributed by atoms with Crippen molar-refractivity contribution in [1.82, 2.24) is 20.5 Å². The summed E-state index contributed by atoms with van der Waals surface area (Å²) in [5, 5.41) is 9.52.